The van der Waals surface area contributed by atoms with E-state index in [4.69, 9.17) is 0 Å². The van der Waals surface area contributed by atoms with Crippen LogP contribution in [0.15, 0.2) is 52.3 Å². The molecule has 2 aromatic carbocycles. The van der Waals surface area contributed by atoms with E-state index in [-0.39, 0.29) is 28.3 Å². The molecule has 30 heavy (non-hydrogen) atoms. The average molecular weight is 435 g/mol. The zero-order valence-corrected chi connectivity index (χ0v) is 17.0. The average Bonchev–Trinajstić information content (AvgIpc) is 3.18. The maximum atomic E-state index is 13.4. The summed E-state index contributed by atoms with van der Waals surface area (Å²) in [5.74, 6) is -1.92. The molecule has 3 atom stereocenters. The number of hydrogen-bond acceptors (Lipinski definition) is 5. The van der Waals surface area contributed by atoms with Crippen LogP contribution in [0, 0.1) is 17.6 Å². The van der Waals surface area contributed by atoms with Gasteiger partial charge in [0.15, 0.2) is 11.6 Å². The smallest absolute Gasteiger partial charge is 0.237 e. The molecule has 1 amide bonds. The lowest BCUT2D eigenvalue weighted by Crippen LogP contribution is -2.45. The lowest BCUT2D eigenvalue weighted by Gasteiger charge is -2.25. The Hall–Kier alpha value is -2.36. The first-order valence-corrected chi connectivity index (χ1v) is 11.4. The number of sulfone groups is 1. The molecule has 6 nitrogen and oxygen atoms in total. The molecule has 3 unspecified atom stereocenters. The fourth-order valence-electron chi connectivity index (χ4n) is 4.08. The summed E-state index contributed by atoms with van der Waals surface area (Å²) in [5, 5.41) is 9.64. The molecule has 2 fully saturated rings. The summed E-state index contributed by atoms with van der Waals surface area (Å²) < 4.78 is 51.7. The van der Waals surface area contributed by atoms with Crippen molar-refractivity contribution in [1.29, 1.82) is 0 Å². The van der Waals surface area contributed by atoms with E-state index < -0.39 is 21.5 Å². The van der Waals surface area contributed by atoms with E-state index in [2.05, 4.69) is 16.0 Å². The number of carbonyl (C=O) groups excluding carboxylic acids is 1. The summed E-state index contributed by atoms with van der Waals surface area (Å²) in [6, 6.07) is 8.63. The van der Waals surface area contributed by atoms with E-state index in [0.29, 0.717) is 18.0 Å². The molecule has 2 heterocycles. The van der Waals surface area contributed by atoms with Crippen LogP contribution < -0.4 is 16.0 Å². The van der Waals surface area contributed by atoms with Gasteiger partial charge in [-0.25, -0.2) is 17.2 Å². The van der Waals surface area contributed by atoms with Gasteiger partial charge in [-0.1, -0.05) is 12.1 Å². The van der Waals surface area contributed by atoms with Crippen LogP contribution >= 0.6 is 0 Å². The Morgan fingerprint density at radius 1 is 1.07 bits per heavy atom. The third kappa shape index (κ3) is 4.23. The van der Waals surface area contributed by atoms with Gasteiger partial charge in [-0.15, -0.1) is 0 Å². The van der Waals surface area contributed by atoms with Crippen molar-refractivity contribution >= 4 is 15.7 Å². The molecule has 4 rings (SSSR count). The number of hydrogen-bond donors (Lipinski definition) is 3. The lowest BCUT2D eigenvalue weighted by atomic mass is 9.94. The largest absolute Gasteiger partial charge is 0.351 e. The van der Waals surface area contributed by atoms with E-state index in [9.17, 15) is 22.0 Å². The van der Waals surface area contributed by atoms with Crippen LogP contribution in [0.25, 0.3) is 0 Å². The van der Waals surface area contributed by atoms with Gasteiger partial charge in [-0.3, -0.25) is 4.79 Å². The summed E-state index contributed by atoms with van der Waals surface area (Å²) in [7, 11) is -3.96. The Morgan fingerprint density at radius 2 is 1.80 bits per heavy atom. The SMILES string of the molecule is O=C(NCc1ccc(S(=O)(=O)c2ccc(F)c(F)c2)cc1)C1CC2CNCCC2N1. The van der Waals surface area contributed by atoms with Crippen LogP contribution in [-0.4, -0.2) is 39.5 Å². The molecule has 0 aliphatic carbocycles. The maximum absolute atomic E-state index is 13.4. The van der Waals surface area contributed by atoms with Crippen molar-refractivity contribution in [3.63, 3.8) is 0 Å². The molecule has 2 aliphatic rings. The molecule has 2 aromatic rings. The highest BCUT2D eigenvalue weighted by atomic mass is 32.2. The molecular weight excluding hydrogens is 412 g/mol. The Balaban J connectivity index is 1.38. The summed E-state index contributed by atoms with van der Waals surface area (Å²) in [6.45, 7) is 2.16. The van der Waals surface area contributed by atoms with Crippen LogP contribution in [0.4, 0.5) is 8.78 Å². The highest BCUT2D eigenvalue weighted by molar-refractivity contribution is 7.91. The van der Waals surface area contributed by atoms with Gasteiger partial charge in [0.25, 0.3) is 0 Å². The Bertz CT molecular complexity index is 1030. The number of benzene rings is 2. The number of piperidine rings is 1. The highest BCUT2D eigenvalue weighted by Gasteiger charge is 2.38. The minimum absolute atomic E-state index is 0.0300. The van der Waals surface area contributed by atoms with E-state index in [1.165, 1.54) is 12.1 Å². The Labute approximate surface area is 174 Å². The van der Waals surface area contributed by atoms with Gasteiger partial charge >= 0.3 is 0 Å². The number of amides is 1. The standard InChI is InChI=1S/C21H23F2N3O3S/c22-17-6-5-16(10-18(17)23)30(28,29)15-3-1-13(2-4-15)11-25-21(27)20-9-14-12-24-8-7-19(14)26-20/h1-6,10,14,19-20,24,26H,7-9,11-12H2,(H,25,27). The molecule has 0 saturated carbocycles. The summed E-state index contributed by atoms with van der Waals surface area (Å²) in [4.78, 5) is 12.1. The fourth-order valence-corrected chi connectivity index (χ4v) is 5.35. The van der Waals surface area contributed by atoms with Crippen molar-refractivity contribution in [2.24, 2.45) is 5.92 Å². The number of nitrogens with one attached hydrogen (secondary N) is 3. The van der Waals surface area contributed by atoms with Crippen LogP contribution in [-0.2, 0) is 21.2 Å². The van der Waals surface area contributed by atoms with Gasteiger partial charge in [0.05, 0.1) is 15.8 Å². The molecule has 9 heteroatoms. The first-order valence-electron chi connectivity index (χ1n) is 9.88. The predicted octanol–water partition coefficient (Wildman–Crippen LogP) is 1.75. The van der Waals surface area contributed by atoms with Crippen LogP contribution in [0.2, 0.25) is 0 Å². The molecule has 0 spiro atoms. The first kappa shape index (κ1) is 20.9. The number of fused-ring (bicyclic) bond motifs is 1. The molecule has 2 saturated heterocycles. The zero-order valence-electron chi connectivity index (χ0n) is 16.2. The second-order valence-corrected chi connectivity index (χ2v) is 9.71. The minimum Gasteiger partial charge on any atom is -0.351 e. The number of rotatable bonds is 5. The lowest BCUT2D eigenvalue weighted by molar-refractivity contribution is -0.123. The quantitative estimate of drug-likeness (QED) is 0.623. The monoisotopic (exact) mass is 435 g/mol. The van der Waals surface area contributed by atoms with Crippen LogP contribution in [0.1, 0.15) is 18.4 Å². The molecule has 3 N–H and O–H groups in total. The minimum atomic E-state index is -3.96. The number of carbonyl (C=O) groups is 1. The second kappa shape index (κ2) is 8.41. The number of halogens is 2. The molecule has 0 radical (unpaired) electrons. The Kier molecular flexibility index (Phi) is 5.86. The van der Waals surface area contributed by atoms with E-state index in [1.54, 1.807) is 12.1 Å². The van der Waals surface area contributed by atoms with E-state index in [1.807, 2.05) is 0 Å². The predicted molar refractivity (Wildman–Crippen MR) is 106 cm³/mol. The summed E-state index contributed by atoms with van der Waals surface area (Å²) in [5.41, 5.74) is 0.740. The molecule has 0 aromatic heterocycles. The van der Waals surface area contributed by atoms with Gasteiger partial charge in [0.1, 0.15) is 0 Å². The second-order valence-electron chi connectivity index (χ2n) is 7.76. The molecular formula is C21H23F2N3O3S. The first-order chi connectivity index (χ1) is 14.3. The third-order valence-corrected chi connectivity index (χ3v) is 7.55. The van der Waals surface area contributed by atoms with Gasteiger partial charge in [-0.2, -0.15) is 0 Å². The van der Waals surface area contributed by atoms with Crippen molar-refractivity contribution in [3.05, 3.63) is 59.7 Å². The van der Waals surface area contributed by atoms with Crippen molar-refractivity contribution in [2.45, 2.75) is 41.3 Å². The van der Waals surface area contributed by atoms with Gasteiger partial charge < -0.3 is 16.0 Å². The van der Waals surface area contributed by atoms with Gasteiger partial charge in [0.2, 0.25) is 15.7 Å². The summed E-state index contributed by atoms with van der Waals surface area (Å²) in [6.07, 6.45) is 1.82. The van der Waals surface area contributed by atoms with Crippen LogP contribution in [0.5, 0.6) is 0 Å². The van der Waals surface area contributed by atoms with Crippen molar-refractivity contribution in [2.75, 3.05) is 13.1 Å². The van der Waals surface area contributed by atoms with Crippen molar-refractivity contribution < 1.29 is 22.0 Å². The Morgan fingerprint density at radius 3 is 2.50 bits per heavy atom. The third-order valence-electron chi connectivity index (χ3n) is 5.78. The van der Waals surface area contributed by atoms with Crippen LogP contribution in [0.3, 0.4) is 0 Å². The van der Waals surface area contributed by atoms with Crippen molar-refractivity contribution in [3.8, 4) is 0 Å². The molecule has 2 aliphatic heterocycles. The highest BCUT2D eigenvalue weighted by Crippen LogP contribution is 2.25. The normalized spacial score (nSPS) is 23.7. The van der Waals surface area contributed by atoms with E-state index in [0.717, 1.165) is 43.6 Å². The summed E-state index contributed by atoms with van der Waals surface area (Å²) >= 11 is 0. The van der Waals surface area contributed by atoms with Crippen molar-refractivity contribution in [1.82, 2.24) is 16.0 Å². The molecule has 0 bridgehead atoms. The van der Waals surface area contributed by atoms with E-state index >= 15 is 0 Å². The van der Waals surface area contributed by atoms with Gasteiger partial charge in [-0.05, 0) is 67.7 Å². The topological polar surface area (TPSA) is 87.3 Å². The fraction of sp³-hybridized carbons (Fsp3) is 0.381. The maximum Gasteiger partial charge on any atom is 0.237 e. The van der Waals surface area contributed by atoms with Gasteiger partial charge in [0, 0.05) is 12.6 Å². The zero-order chi connectivity index (χ0) is 21.3. The molecule has 160 valence electrons.